The Morgan fingerprint density at radius 1 is 1.00 bits per heavy atom. The lowest BCUT2D eigenvalue weighted by Gasteiger charge is -2.27. The third-order valence-corrected chi connectivity index (χ3v) is 3.47. The molecule has 0 saturated heterocycles. The monoisotopic (exact) mass is 198 g/mol. The van der Waals surface area contributed by atoms with Gasteiger partial charge < -0.3 is 4.74 Å². The second kappa shape index (κ2) is 7.28. The molecule has 0 atom stereocenters. The van der Waals surface area contributed by atoms with Gasteiger partial charge in [-0.2, -0.15) is 0 Å². The maximum atomic E-state index is 5.88. The average Bonchev–Trinajstić information content (AvgIpc) is 2.25. The maximum Gasteiger partial charge on any atom is 0.0575 e. The molecule has 1 fully saturated rings. The lowest BCUT2D eigenvalue weighted by atomic mass is 9.86. The lowest BCUT2D eigenvalue weighted by molar-refractivity contribution is 0.0159. The zero-order valence-corrected chi connectivity index (χ0v) is 9.93. The fourth-order valence-electron chi connectivity index (χ4n) is 2.31. The minimum absolute atomic E-state index is 0.592. The normalized spacial score (nSPS) is 27.9. The van der Waals surface area contributed by atoms with Crippen molar-refractivity contribution in [2.45, 2.75) is 71.3 Å². The van der Waals surface area contributed by atoms with E-state index in [9.17, 15) is 0 Å². The van der Waals surface area contributed by atoms with E-state index in [1.165, 1.54) is 51.4 Å². The van der Waals surface area contributed by atoms with Crippen LogP contribution in [0.25, 0.3) is 0 Å². The van der Waals surface area contributed by atoms with Crippen LogP contribution in [0.2, 0.25) is 0 Å². The fraction of sp³-hybridized carbons (Fsp3) is 1.00. The molecule has 1 aliphatic carbocycles. The van der Waals surface area contributed by atoms with E-state index in [0.29, 0.717) is 6.10 Å². The summed E-state index contributed by atoms with van der Waals surface area (Å²) in [5, 5.41) is 0. The first-order valence-corrected chi connectivity index (χ1v) is 6.48. The van der Waals surface area contributed by atoms with Crippen LogP contribution in [0, 0.1) is 5.92 Å². The van der Waals surface area contributed by atoms with Gasteiger partial charge in [0.05, 0.1) is 6.10 Å². The molecule has 0 heterocycles. The standard InChI is InChI=1S/C13H26O/c1-3-5-6-11-14-13-9-7-12(4-2)8-10-13/h12-13H,3-11H2,1-2H3/t12-,13-. The van der Waals surface area contributed by atoms with Gasteiger partial charge >= 0.3 is 0 Å². The van der Waals surface area contributed by atoms with Crippen molar-refractivity contribution in [2.24, 2.45) is 5.92 Å². The molecule has 1 saturated carbocycles. The van der Waals surface area contributed by atoms with Crippen LogP contribution >= 0.6 is 0 Å². The molecular formula is C13H26O. The van der Waals surface area contributed by atoms with Crippen LogP contribution in [-0.2, 0) is 4.74 Å². The van der Waals surface area contributed by atoms with Gasteiger partial charge in [-0.25, -0.2) is 0 Å². The minimum atomic E-state index is 0.592. The summed E-state index contributed by atoms with van der Waals surface area (Å²) in [6.07, 6.45) is 11.2. The maximum absolute atomic E-state index is 5.88. The summed E-state index contributed by atoms with van der Waals surface area (Å²) in [6, 6.07) is 0. The van der Waals surface area contributed by atoms with Crippen LogP contribution in [0.15, 0.2) is 0 Å². The van der Waals surface area contributed by atoms with E-state index in [4.69, 9.17) is 4.74 Å². The third-order valence-electron chi connectivity index (χ3n) is 3.47. The summed E-state index contributed by atoms with van der Waals surface area (Å²) in [6.45, 7) is 5.55. The molecule has 1 nitrogen and oxygen atoms in total. The number of rotatable bonds is 6. The zero-order chi connectivity index (χ0) is 10.2. The van der Waals surface area contributed by atoms with Crippen molar-refractivity contribution >= 4 is 0 Å². The van der Waals surface area contributed by atoms with Gasteiger partial charge in [0.25, 0.3) is 0 Å². The third kappa shape index (κ3) is 4.45. The Bertz CT molecular complexity index is 125. The van der Waals surface area contributed by atoms with Gasteiger partial charge in [0.2, 0.25) is 0 Å². The highest BCUT2D eigenvalue weighted by atomic mass is 16.5. The molecule has 0 spiro atoms. The average molecular weight is 198 g/mol. The first-order chi connectivity index (χ1) is 6.86. The second-order valence-electron chi connectivity index (χ2n) is 4.63. The van der Waals surface area contributed by atoms with E-state index in [2.05, 4.69) is 13.8 Å². The SMILES string of the molecule is CCCCCO[C@H]1CC[C@H](CC)CC1. The second-order valence-corrected chi connectivity index (χ2v) is 4.63. The molecule has 0 aromatic rings. The van der Waals surface area contributed by atoms with Gasteiger partial charge in [-0.1, -0.05) is 33.1 Å². The first-order valence-electron chi connectivity index (χ1n) is 6.48. The Labute approximate surface area is 89.2 Å². The summed E-state index contributed by atoms with van der Waals surface area (Å²) in [5.41, 5.74) is 0. The highest BCUT2D eigenvalue weighted by molar-refractivity contribution is 4.71. The molecule has 14 heavy (non-hydrogen) atoms. The predicted octanol–water partition coefficient (Wildman–Crippen LogP) is 4.16. The molecule has 1 aliphatic rings. The first kappa shape index (κ1) is 12.0. The minimum Gasteiger partial charge on any atom is -0.378 e. The van der Waals surface area contributed by atoms with Crippen LogP contribution in [0.4, 0.5) is 0 Å². The number of hydrogen-bond donors (Lipinski definition) is 0. The molecule has 0 aliphatic heterocycles. The quantitative estimate of drug-likeness (QED) is 0.582. The van der Waals surface area contributed by atoms with Crippen LogP contribution < -0.4 is 0 Å². The number of ether oxygens (including phenoxy) is 1. The molecule has 0 aromatic carbocycles. The zero-order valence-electron chi connectivity index (χ0n) is 9.93. The lowest BCUT2D eigenvalue weighted by Crippen LogP contribution is -2.21. The Hall–Kier alpha value is -0.0400. The summed E-state index contributed by atoms with van der Waals surface area (Å²) in [4.78, 5) is 0. The topological polar surface area (TPSA) is 9.23 Å². The molecule has 0 N–H and O–H groups in total. The number of hydrogen-bond acceptors (Lipinski definition) is 1. The van der Waals surface area contributed by atoms with Crippen molar-refractivity contribution in [3.05, 3.63) is 0 Å². The Balaban J connectivity index is 1.98. The molecule has 1 heteroatoms. The summed E-state index contributed by atoms with van der Waals surface area (Å²) < 4.78 is 5.88. The molecule has 1 rings (SSSR count). The van der Waals surface area contributed by atoms with E-state index in [1.807, 2.05) is 0 Å². The van der Waals surface area contributed by atoms with Gasteiger partial charge in [0.1, 0.15) is 0 Å². The Morgan fingerprint density at radius 3 is 2.29 bits per heavy atom. The molecule has 0 aromatic heterocycles. The van der Waals surface area contributed by atoms with Gasteiger partial charge in [-0.3, -0.25) is 0 Å². The van der Waals surface area contributed by atoms with Crippen molar-refractivity contribution in [3.8, 4) is 0 Å². The molecular weight excluding hydrogens is 172 g/mol. The predicted molar refractivity (Wildman–Crippen MR) is 61.5 cm³/mol. The summed E-state index contributed by atoms with van der Waals surface area (Å²) in [7, 11) is 0. The number of unbranched alkanes of at least 4 members (excludes halogenated alkanes) is 2. The van der Waals surface area contributed by atoms with Crippen molar-refractivity contribution in [3.63, 3.8) is 0 Å². The van der Waals surface area contributed by atoms with E-state index >= 15 is 0 Å². The Kier molecular flexibility index (Phi) is 6.25. The molecule has 0 unspecified atom stereocenters. The fourth-order valence-corrected chi connectivity index (χ4v) is 2.31. The van der Waals surface area contributed by atoms with Crippen molar-refractivity contribution in [2.75, 3.05) is 6.61 Å². The highest BCUT2D eigenvalue weighted by Crippen LogP contribution is 2.28. The van der Waals surface area contributed by atoms with Crippen LogP contribution in [0.5, 0.6) is 0 Å². The van der Waals surface area contributed by atoms with Crippen molar-refractivity contribution in [1.82, 2.24) is 0 Å². The smallest absolute Gasteiger partial charge is 0.0575 e. The van der Waals surface area contributed by atoms with Crippen LogP contribution in [0.3, 0.4) is 0 Å². The molecule has 0 bridgehead atoms. The summed E-state index contributed by atoms with van der Waals surface area (Å²) in [5.74, 6) is 0.991. The highest BCUT2D eigenvalue weighted by Gasteiger charge is 2.19. The van der Waals surface area contributed by atoms with Crippen molar-refractivity contribution < 1.29 is 4.74 Å². The molecule has 84 valence electrons. The van der Waals surface area contributed by atoms with Gasteiger partial charge in [0, 0.05) is 6.61 Å². The Morgan fingerprint density at radius 2 is 1.71 bits per heavy atom. The summed E-state index contributed by atoms with van der Waals surface area (Å²) >= 11 is 0. The van der Waals surface area contributed by atoms with E-state index < -0.39 is 0 Å². The van der Waals surface area contributed by atoms with E-state index in [0.717, 1.165) is 12.5 Å². The largest absolute Gasteiger partial charge is 0.378 e. The van der Waals surface area contributed by atoms with E-state index in [1.54, 1.807) is 0 Å². The van der Waals surface area contributed by atoms with Gasteiger partial charge in [0.15, 0.2) is 0 Å². The van der Waals surface area contributed by atoms with Crippen LogP contribution in [-0.4, -0.2) is 12.7 Å². The van der Waals surface area contributed by atoms with Crippen molar-refractivity contribution in [1.29, 1.82) is 0 Å². The van der Waals surface area contributed by atoms with E-state index in [-0.39, 0.29) is 0 Å². The molecule has 0 radical (unpaired) electrons. The van der Waals surface area contributed by atoms with Crippen LogP contribution in [0.1, 0.15) is 65.2 Å². The van der Waals surface area contributed by atoms with Gasteiger partial charge in [-0.15, -0.1) is 0 Å². The van der Waals surface area contributed by atoms with Gasteiger partial charge in [-0.05, 0) is 38.0 Å². The molecule has 0 amide bonds.